The number of rotatable bonds is 4. The SMILES string of the molecule is O=C1C2CCCCC2C(=O)N1N1CCN(C(c2ccc(Cl)cc2)c2ccc(Cl)cc2)CC1. The molecule has 168 valence electrons. The first-order chi connectivity index (χ1) is 15.5. The number of hydrogen-bond donors (Lipinski definition) is 0. The van der Waals surface area contributed by atoms with Crippen molar-refractivity contribution in [2.24, 2.45) is 11.8 Å². The first-order valence-electron chi connectivity index (χ1n) is 11.4. The first-order valence-corrected chi connectivity index (χ1v) is 12.2. The summed E-state index contributed by atoms with van der Waals surface area (Å²) < 4.78 is 0. The van der Waals surface area contributed by atoms with E-state index in [0.29, 0.717) is 23.1 Å². The average Bonchev–Trinajstić information content (AvgIpc) is 3.07. The lowest BCUT2D eigenvalue weighted by molar-refractivity contribution is -0.162. The zero-order chi connectivity index (χ0) is 22.2. The van der Waals surface area contributed by atoms with Crippen molar-refractivity contribution in [1.82, 2.24) is 14.9 Å². The molecule has 2 saturated heterocycles. The Morgan fingerprint density at radius 2 is 1.12 bits per heavy atom. The Bertz CT molecular complexity index is 918. The van der Waals surface area contributed by atoms with Gasteiger partial charge in [0.1, 0.15) is 0 Å². The van der Waals surface area contributed by atoms with E-state index in [-0.39, 0.29) is 29.7 Å². The zero-order valence-corrected chi connectivity index (χ0v) is 19.4. The molecule has 1 aliphatic carbocycles. The Morgan fingerprint density at radius 3 is 1.56 bits per heavy atom. The summed E-state index contributed by atoms with van der Waals surface area (Å²) in [6.45, 7) is 2.80. The minimum absolute atomic E-state index is 0.0140. The molecule has 2 aromatic rings. The van der Waals surface area contributed by atoms with Crippen LogP contribution in [0.2, 0.25) is 10.0 Å². The molecule has 2 aromatic carbocycles. The summed E-state index contributed by atoms with van der Waals surface area (Å²) in [6, 6.07) is 16.0. The summed E-state index contributed by atoms with van der Waals surface area (Å²) in [6.07, 6.45) is 3.79. The van der Waals surface area contributed by atoms with E-state index in [1.54, 1.807) is 0 Å². The van der Waals surface area contributed by atoms with Crippen molar-refractivity contribution >= 4 is 35.0 Å². The first kappa shape index (κ1) is 21.9. The summed E-state index contributed by atoms with van der Waals surface area (Å²) in [4.78, 5) is 28.4. The van der Waals surface area contributed by atoms with Crippen LogP contribution in [0.5, 0.6) is 0 Å². The molecule has 0 bridgehead atoms. The number of nitrogens with zero attached hydrogens (tertiary/aromatic N) is 3. The third-order valence-electron chi connectivity index (χ3n) is 7.13. The van der Waals surface area contributed by atoms with Crippen LogP contribution in [0, 0.1) is 11.8 Å². The summed E-state index contributed by atoms with van der Waals surface area (Å²) >= 11 is 12.3. The number of halogens is 2. The summed E-state index contributed by atoms with van der Waals surface area (Å²) in [5.41, 5.74) is 2.31. The number of fused-ring (bicyclic) bond motifs is 1. The van der Waals surface area contributed by atoms with E-state index >= 15 is 0 Å². The number of piperazine rings is 1. The number of hydrazine groups is 1. The molecular formula is C25H27Cl2N3O2. The average molecular weight is 472 g/mol. The van der Waals surface area contributed by atoms with Crippen LogP contribution in [0.4, 0.5) is 0 Å². The van der Waals surface area contributed by atoms with Crippen molar-refractivity contribution in [3.8, 4) is 0 Å². The third kappa shape index (κ3) is 4.08. The molecule has 0 aromatic heterocycles. The number of carbonyl (C=O) groups excluding carboxylic acids is 2. The van der Waals surface area contributed by atoms with Gasteiger partial charge in [0, 0.05) is 36.2 Å². The van der Waals surface area contributed by atoms with E-state index in [0.717, 1.165) is 49.9 Å². The fourth-order valence-corrected chi connectivity index (χ4v) is 5.75. The number of hydrogen-bond acceptors (Lipinski definition) is 4. The second-order valence-electron chi connectivity index (χ2n) is 8.98. The minimum Gasteiger partial charge on any atom is -0.290 e. The maximum absolute atomic E-state index is 13.0. The summed E-state index contributed by atoms with van der Waals surface area (Å²) in [7, 11) is 0. The van der Waals surface area contributed by atoms with Gasteiger partial charge in [-0.2, -0.15) is 0 Å². The number of amides is 2. The summed E-state index contributed by atoms with van der Waals surface area (Å²) in [5, 5.41) is 4.87. The van der Waals surface area contributed by atoms with Gasteiger partial charge in [-0.15, -0.1) is 0 Å². The van der Waals surface area contributed by atoms with Gasteiger partial charge in [0.2, 0.25) is 11.8 Å². The Hall–Kier alpha value is -1.92. The van der Waals surface area contributed by atoms with Crippen molar-refractivity contribution in [2.45, 2.75) is 31.7 Å². The van der Waals surface area contributed by atoms with Crippen LogP contribution < -0.4 is 0 Å². The van der Waals surface area contributed by atoms with Crippen molar-refractivity contribution in [1.29, 1.82) is 0 Å². The lowest BCUT2D eigenvalue weighted by Crippen LogP contribution is -2.56. The van der Waals surface area contributed by atoms with Gasteiger partial charge in [0.05, 0.1) is 17.9 Å². The van der Waals surface area contributed by atoms with E-state index in [4.69, 9.17) is 23.2 Å². The number of carbonyl (C=O) groups is 2. The molecule has 0 spiro atoms. The van der Waals surface area contributed by atoms with Gasteiger partial charge in [-0.05, 0) is 48.2 Å². The third-order valence-corrected chi connectivity index (χ3v) is 7.63. The molecule has 0 N–H and O–H groups in total. The minimum atomic E-state index is -0.106. The van der Waals surface area contributed by atoms with E-state index in [1.165, 1.54) is 5.01 Å². The van der Waals surface area contributed by atoms with Crippen LogP contribution in [-0.2, 0) is 9.59 Å². The molecule has 0 radical (unpaired) electrons. The fourth-order valence-electron chi connectivity index (χ4n) is 5.50. The van der Waals surface area contributed by atoms with Gasteiger partial charge < -0.3 is 0 Å². The standard InChI is InChI=1S/C25H27Cl2N3O2/c26-19-9-5-17(6-10-19)23(18-7-11-20(27)12-8-18)28-13-15-29(16-14-28)30-24(31)21-3-1-2-4-22(21)25(30)32/h5-12,21-23H,1-4,13-16H2. The van der Waals surface area contributed by atoms with E-state index in [2.05, 4.69) is 29.2 Å². The largest absolute Gasteiger partial charge is 0.290 e. The van der Waals surface area contributed by atoms with E-state index < -0.39 is 0 Å². The second-order valence-corrected chi connectivity index (χ2v) is 9.85. The van der Waals surface area contributed by atoms with Crippen LogP contribution in [0.15, 0.2) is 48.5 Å². The molecule has 7 heteroatoms. The van der Waals surface area contributed by atoms with Crippen molar-refractivity contribution < 1.29 is 9.59 Å². The van der Waals surface area contributed by atoms with Gasteiger partial charge >= 0.3 is 0 Å². The predicted molar refractivity (Wildman–Crippen MR) is 125 cm³/mol. The van der Waals surface area contributed by atoms with Gasteiger partial charge in [-0.3, -0.25) is 14.5 Å². The lowest BCUT2D eigenvalue weighted by Gasteiger charge is -2.42. The smallest absolute Gasteiger partial charge is 0.247 e. The maximum Gasteiger partial charge on any atom is 0.247 e. The lowest BCUT2D eigenvalue weighted by atomic mass is 9.81. The molecule has 2 amide bonds. The van der Waals surface area contributed by atoms with Gasteiger partial charge in [-0.25, -0.2) is 10.0 Å². The zero-order valence-electron chi connectivity index (χ0n) is 17.9. The fraction of sp³-hybridized carbons (Fsp3) is 0.440. The van der Waals surface area contributed by atoms with Crippen LogP contribution >= 0.6 is 23.2 Å². The molecule has 1 saturated carbocycles. The normalized spacial score (nSPS) is 24.9. The highest BCUT2D eigenvalue weighted by molar-refractivity contribution is 6.30. The highest BCUT2D eigenvalue weighted by atomic mass is 35.5. The molecule has 32 heavy (non-hydrogen) atoms. The second kappa shape index (κ2) is 9.14. The van der Waals surface area contributed by atoms with E-state index in [1.807, 2.05) is 29.3 Å². The Labute approximate surface area is 198 Å². The Kier molecular flexibility index (Phi) is 6.26. The number of imide groups is 1. The molecule has 5 nitrogen and oxygen atoms in total. The molecule has 2 atom stereocenters. The Morgan fingerprint density at radius 1 is 0.688 bits per heavy atom. The van der Waals surface area contributed by atoms with Crippen LogP contribution in [0.25, 0.3) is 0 Å². The predicted octanol–water partition coefficient (Wildman–Crippen LogP) is 4.79. The van der Waals surface area contributed by atoms with Crippen LogP contribution in [0.1, 0.15) is 42.9 Å². The molecule has 2 aliphatic heterocycles. The van der Waals surface area contributed by atoms with Gasteiger partial charge in [0.15, 0.2) is 0 Å². The monoisotopic (exact) mass is 471 g/mol. The van der Waals surface area contributed by atoms with E-state index in [9.17, 15) is 9.59 Å². The number of benzene rings is 2. The molecule has 2 unspecified atom stereocenters. The van der Waals surface area contributed by atoms with Gasteiger partial charge in [-0.1, -0.05) is 60.3 Å². The molecule has 3 aliphatic rings. The molecular weight excluding hydrogens is 445 g/mol. The topological polar surface area (TPSA) is 43.9 Å². The van der Waals surface area contributed by atoms with Crippen LogP contribution in [0.3, 0.4) is 0 Å². The molecule has 3 fully saturated rings. The molecule has 5 rings (SSSR count). The van der Waals surface area contributed by atoms with Gasteiger partial charge in [0.25, 0.3) is 0 Å². The summed E-state index contributed by atoms with van der Waals surface area (Å²) in [5.74, 6) is -0.185. The highest BCUT2D eigenvalue weighted by Crippen LogP contribution is 2.39. The van der Waals surface area contributed by atoms with Crippen LogP contribution in [-0.4, -0.2) is 52.9 Å². The Balaban J connectivity index is 1.35. The maximum atomic E-state index is 13.0. The highest BCUT2D eigenvalue weighted by Gasteiger charge is 2.50. The quantitative estimate of drug-likeness (QED) is 0.601. The molecule has 2 heterocycles. The van der Waals surface area contributed by atoms with Crippen molar-refractivity contribution in [3.63, 3.8) is 0 Å². The van der Waals surface area contributed by atoms with Crippen molar-refractivity contribution in [3.05, 3.63) is 69.7 Å². The van der Waals surface area contributed by atoms with Crippen molar-refractivity contribution in [2.75, 3.05) is 26.2 Å².